The van der Waals surface area contributed by atoms with Crippen LogP contribution in [0.4, 0.5) is 0 Å². The van der Waals surface area contributed by atoms with Crippen molar-refractivity contribution in [3.63, 3.8) is 0 Å². The average molecular weight is 813 g/mol. The van der Waals surface area contributed by atoms with Crippen LogP contribution >= 0.6 is 0 Å². The van der Waals surface area contributed by atoms with Crippen LogP contribution in [0.15, 0.2) is 174 Å². The topological polar surface area (TPSA) is 48.8 Å². The Labute approximate surface area is 364 Å². The van der Waals surface area contributed by atoms with Gasteiger partial charge in [0.2, 0.25) is 5.95 Å². The van der Waals surface area contributed by atoms with Gasteiger partial charge in [0.15, 0.2) is 5.58 Å². The van der Waals surface area contributed by atoms with E-state index in [0.717, 1.165) is 79.5 Å². The minimum Gasteiger partial charge on any atom is -0.452 e. The molecule has 1 aliphatic rings. The lowest BCUT2D eigenvalue weighted by molar-refractivity contribution is 0.334. The summed E-state index contributed by atoms with van der Waals surface area (Å²) in [5.74, 6) is 0.614. The maximum Gasteiger partial charge on any atom is 0.236 e. The Kier molecular flexibility index (Phi) is 7.47. The van der Waals surface area contributed by atoms with Crippen molar-refractivity contribution in [1.29, 1.82) is 0 Å². The summed E-state index contributed by atoms with van der Waals surface area (Å²) in [6.07, 6.45) is 2.22. The monoisotopic (exact) mass is 812 g/mol. The van der Waals surface area contributed by atoms with Crippen LogP contribution in [-0.4, -0.2) is 19.1 Å². The molecule has 0 aliphatic heterocycles. The number of hydrogen-bond acceptors (Lipinski definition) is 3. The number of rotatable bonds is 4. The predicted octanol–water partition coefficient (Wildman–Crippen LogP) is 15.4. The number of fused-ring (bicyclic) bond motifs is 15. The molecule has 0 N–H and O–H groups in total. The van der Waals surface area contributed by atoms with Gasteiger partial charge in [0.1, 0.15) is 16.8 Å². The van der Waals surface area contributed by atoms with Crippen molar-refractivity contribution in [2.75, 3.05) is 0 Å². The van der Waals surface area contributed by atoms with Crippen molar-refractivity contribution in [2.24, 2.45) is 0 Å². The summed E-state index contributed by atoms with van der Waals surface area (Å²) < 4.78 is 11.6. The maximum absolute atomic E-state index is 6.76. The van der Waals surface area contributed by atoms with E-state index in [1.165, 1.54) is 43.4 Å². The number of aromatic nitrogens is 4. The molecule has 0 spiro atoms. The maximum atomic E-state index is 6.76. The van der Waals surface area contributed by atoms with Crippen LogP contribution in [0.3, 0.4) is 0 Å². The highest BCUT2D eigenvalue weighted by atomic mass is 16.3. The largest absolute Gasteiger partial charge is 0.452 e. The Morgan fingerprint density at radius 2 is 1.10 bits per heavy atom. The molecule has 5 heteroatoms. The van der Waals surface area contributed by atoms with E-state index in [0.29, 0.717) is 11.5 Å². The zero-order valence-corrected chi connectivity index (χ0v) is 35.8. The summed E-state index contributed by atoms with van der Waals surface area (Å²) in [7, 11) is 0. The van der Waals surface area contributed by atoms with E-state index in [1.807, 2.05) is 12.1 Å². The second-order valence-corrected chi connectivity index (χ2v) is 18.8. The molecule has 0 saturated heterocycles. The predicted molar refractivity (Wildman–Crippen MR) is 262 cm³/mol. The number of hydrogen-bond donors (Lipinski definition) is 0. The zero-order valence-electron chi connectivity index (χ0n) is 35.8. The van der Waals surface area contributed by atoms with Crippen LogP contribution in [0.5, 0.6) is 0 Å². The van der Waals surface area contributed by atoms with Crippen molar-refractivity contribution in [1.82, 2.24) is 19.1 Å². The molecule has 13 rings (SSSR count). The lowest BCUT2D eigenvalue weighted by Gasteiger charge is -2.42. The normalized spacial score (nSPS) is 14.8. The molecule has 0 unspecified atom stereocenters. The quantitative estimate of drug-likeness (QED) is 0.178. The first-order chi connectivity index (χ1) is 30.8. The van der Waals surface area contributed by atoms with Gasteiger partial charge in [-0.05, 0) is 99.2 Å². The number of furan rings is 1. The molecular formula is C58H44N4O. The van der Waals surface area contributed by atoms with E-state index >= 15 is 0 Å². The van der Waals surface area contributed by atoms with Gasteiger partial charge in [-0.25, -0.2) is 9.97 Å². The molecule has 0 radical (unpaired) electrons. The van der Waals surface area contributed by atoms with E-state index in [2.05, 4.69) is 195 Å². The fraction of sp³-hybridized carbons (Fsp3) is 0.138. The van der Waals surface area contributed by atoms with Crippen LogP contribution in [0.1, 0.15) is 51.7 Å². The third-order valence-corrected chi connectivity index (χ3v) is 14.1. The molecule has 63 heavy (non-hydrogen) atoms. The smallest absolute Gasteiger partial charge is 0.236 e. The number of nitrogens with zero attached hydrogens (tertiary/aromatic N) is 4. The van der Waals surface area contributed by atoms with Gasteiger partial charge in [-0.3, -0.25) is 4.57 Å². The van der Waals surface area contributed by atoms with Gasteiger partial charge < -0.3 is 8.98 Å². The third-order valence-electron chi connectivity index (χ3n) is 14.1. The molecule has 12 aromatic rings. The van der Waals surface area contributed by atoms with Gasteiger partial charge in [-0.15, -0.1) is 0 Å². The standard InChI is InChI=1S/C58H44N4O/c1-57(2)32-33-58(3,4)50-43(57)30-31-45-49(50)48-40-25-12-11-24-39(40)47-41-26-13-15-28-44(41)61(38-22-9-6-10-23-38)53(47)54(48)62(45)56-59-51(55-52(60-56)42-27-14-16-29-46(42)63-55)37-21-17-20-36(34-37)35-18-7-5-8-19-35/h5-31,34H,32-33H2,1-4H3. The molecule has 4 aromatic heterocycles. The lowest BCUT2D eigenvalue weighted by atomic mass is 9.62. The lowest BCUT2D eigenvalue weighted by Crippen LogP contribution is -2.34. The highest BCUT2D eigenvalue weighted by Gasteiger charge is 2.40. The molecule has 302 valence electrons. The fourth-order valence-electron chi connectivity index (χ4n) is 11.1. The van der Waals surface area contributed by atoms with Crippen LogP contribution in [0.25, 0.3) is 110 Å². The van der Waals surface area contributed by atoms with Crippen molar-refractivity contribution < 1.29 is 4.42 Å². The second kappa shape index (κ2) is 13.0. The van der Waals surface area contributed by atoms with E-state index in [4.69, 9.17) is 14.4 Å². The van der Waals surface area contributed by atoms with E-state index in [9.17, 15) is 0 Å². The summed E-state index contributed by atoms with van der Waals surface area (Å²) in [4.78, 5) is 11.4. The van der Waals surface area contributed by atoms with Gasteiger partial charge in [0, 0.05) is 38.2 Å². The number of para-hydroxylation sites is 3. The Hall–Kier alpha value is -7.50. The minimum atomic E-state index is -0.0831. The molecule has 0 atom stereocenters. The fourth-order valence-corrected chi connectivity index (χ4v) is 11.1. The summed E-state index contributed by atoms with van der Waals surface area (Å²) in [6, 6.07) is 61.0. The minimum absolute atomic E-state index is 0.00830. The molecular weight excluding hydrogens is 769 g/mol. The van der Waals surface area contributed by atoms with Crippen molar-refractivity contribution in [2.45, 2.75) is 51.4 Å². The molecule has 4 heterocycles. The van der Waals surface area contributed by atoms with Gasteiger partial charge in [-0.2, -0.15) is 0 Å². The van der Waals surface area contributed by atoms with Gasteiger partial charge in [0.25, 0.3) is 0 Å². The summed E-state index contributed by atoms with van der Waals surface area (Å²) >= 11 is 0. The van der Waals surface area contributed by atoms with E-state index in [-0.39, 0.29) is 10.8 Å². The first kappa shape index (κ1) is 36.2. The molecule has 0 amide bonds. The average Bonchev–Trinajstić information content (AvgIpc) is 3.99. The van der Waals surface area contributed by atoms with Crippen LogP contribution < -0.4 is 0 Å². The first-order valence-corrected chi connectivity index (χ1v) is 22.1. The summed E-state index contributed by atoms with van der Waals surface area (Å²) in [5.41, 5.74) is 14.7. The van der Waals surface area contributed by atoms with Crippen molar-refractivity contribution in [3.05, 3.63) is 181 Å². The zero-order chi connectivity index (χ0) is 42.2. The molecule has 1 aliphatic carbocycles. The third kappa shape index (κ3) is 5.11. The Balaban J connectivity index is 1.29. The SMILES string of the molecule is CC1(C)CCC(C)(C)c2c1ccc1c2c2c3ccccc3c3c4ccccc4n(-c4ccccc4)c3c2n1-c1nc(-c2cccc(-c3ccccc3)c2)c2oc3ccccc3c2n1. The van der Waals surface area contributed by atoms with Crippen molar-refractivity contribution >= 4 is 76.5 Å². The molecule has 5 nitrogen and oxygen atoms in total. The van der Waals surface area contributed by atoms with Gasteiger partial charge in [-0.1, -0.05) is 155 Å². The first-order valence-electron chi connectivity index (χ1n) is 22.1. The molecule has 8 aromatic carbocycles. The second-order valence-electron chi connectivity index (χ2n) is 18.8. The van der Waals surface area contributed by atoms with Gasteiger partial charge in [0.05, 0.1) is 22.1 Å². The Bertz CT molecular complexity index is 3850. The van der Waals surface area contributed by atoms with Crippen molar-refractivity contribution in [3.8, 4) is 34.0 Å². The van der Waals surface area contributed by atoms with Crippen LogP contribution in [0, 0.1) is 0 Å². The summed E-state index contributed by atoms with van der Waals surface area (Å²) in [5, 5.41) is 8.40. The highest BCUT2D eigenvalue weighted by Crippen LogP contribution is 2.54. The Morgan fingerprint density at radius 3 is 1.89 bits per heavy atom. The molecule has 0 saturated carbocycles. The van der Waals surface area contributed by atoms with E-state index in [1.54, 1.807) is 0 Å². The Morgan fingerprint density at radius 1 is 0.476 bits per heavy atom. The van der Waals surface area contributed by atoms with Crippen LogP contribution in [0.2, 0.25) is 0 Å². The van der Waals surface area contributed by atoms with E-state index < -0.39 is 0 Å². The van der Waals surface area contributed by atoms with Gasteiger partial charge >= 0.3 is 0 Å². The van der Waals surface area contributed by atoms with Crippen LogP contribution in [-0.2, 0) is 10.8 Å². The highest BCUT2D eigenvalue weighted by molar-refractivity contribution is 6.37. The molecule has 0 fully saturated rings. The molecule has 0 bridgehead atoms. The summed E-state index contributed by atoms with van der Waals surface area (Å²) in [6.45, 7) is 9.74. The number of benzene rings is 8.